The molecule has 5 heteroatoms. The molecule has 0 bridgehead atoms. The first kappa shape index (κ1) is 14.8. The van der Waals surface area contributed by atoms with E-state index < -0.39 is 0 Å². The molecule has 0 radical (unpaired) electrons. The monoisotopic (exact) mass is 273 g/mol. The summed E-state index contributed by atoms with van der Waals surface area (Å²) >= 11 is 3.41. The van der Waals surface area contributed by atoms with Gasteiger partial charge in [-0.1, -0.05) is 41.5 Å². The maximum absolute atomic E-state index is 4.50. The molecule has 1 aromatic rings. The molecule has 0 saturated carbocycles. The molecule has 0 fully saturated rings. The van der Waals surface area contributed by atoms with Crippen LogP contribution < -0.4 is 5.32 Å². The third-order valence-corrected chi connectivity index (χ3v) is 3.96. The van der Waals surface area contributed by atoms with E-state index in [1.54, 1.807) is 0 Å². The quantitative estimate of drug-likeness (QED) is 0.847. The van der Waals surface area contributed by atoms with Gasteiger partial charge in [0, 0.05) is 34.0 Å². The smallest absolute Gasteiger partial charge is 0.202 e. The molecule has 98 valence electrons. The van der Waals surface area contributed by atoms with Gasteiger partial charge in [0.2, 0.25) is 5.13 Å². The molecule has 0 atom stereocenters. The minimum atomic E-state index is 0.0383. The Balaban J connectivity index is 2.36. The van der Waals surface area contributed by atoms with Crippen LogP contribution in [0.15, 0.2) is 0 Å². The minimum Gasteiger partial charge on any atom is -0.359 e. The fourth-order valence-corrected chi connectivity index (χ4v) is 2.71. The summed E-state index contributed by atoms with van der Waals surface area (Å²) in [7, 11) is 0. The Morgan fingerprint density at radius 3 is 2.29 bits per heavy atom. The van der Waals surface area contributed by atoms with Crippen molar-refractivity contribution < 1.29 is 0 Å². The number of aromatic nitrogens is 2. The van der Waals surface area contributed by atoms with Crippen LogP contribution in [0.5, 0.6) is 0 Å². The Kier molecular flexibility index (Phi) is 4.84. The second-order valence-electron chi connectivity index (χ2n) is 6.06. The number of nitrogens with one attached hydrogen (secondary N) is 1. The summed E-state index contributed by atoms with van der Waals surface area (Å²) in [4.78, 5) is 4.50. The van der Waals surface area contributed by atoms with Crippen molar-refractivity contribution in [1.29, 1.82) is 0 Å². The predicted octanol–water partition coefficient (Wildman–Crippen LogP) is 3.78. The summed E-state index contributed by atoms with van der Waals surface area (Å²) in [5, 5.41) is 4.27. The minimum absolute atomic E-state index is 0.0383. The van der Waals surface area contributed by atoms with Gasteiger partial charge in [-0.15, -0.1) is 0 Å². The lowest BCUT2D eigenvalue weighted by atomic mass is 9.96. The van der Waals surface area contributed by atoms with Crippen molar-refractivity contribution in [3.05, 3.63) is 5.82 Å². The van der Waals surface area contributed by atoms with E-state index in [9.17, 15) is 0 Å². The molecule has 0 aliphatic rings. The van der Waals surface area contributed by atoms with E-state index in [-0.39, 0.29) is 5.41 Å². The van der Waals surface area contributed by atoms with E-state index in [2.05, 4.69) is 56.2 Å². The lowest BCUT2D eigenvalue weighted by molar-refractivity contribution is 0.555. The molecule has 0 aromatic carbocycles. The normalized spacial score (nSPS) is 12.8. The zero-order valence-corrected chi connectivity index (χ0v) is 13.3. The highest BCUT2D eigenvalue weighted by atomic mass is 32.2. The molecular formula is C12H23N3S2. The Morgan fingerprint density at radius 2 is 1.82 bits per heavy atom. The molecule has 0 amide bonds. The highest BCUT2D eigenvalue weighted by Gasteiger charge is 2.19. The van der Waals surface area contributed by atoms with Gasteiger partial charge in [0.1, 0.15) is 5.82 Å². The summed E-state index contributed by atoms with van der Waals surface area (Å²) in [6, 6.07) is 0. The third-order valence-electron chi connectivity index (χ3n) is 2.01. The summed E-state index contributed by atoms with van der Waals surface area (Å²) in [6.45, 7) is 14.1. The molecule has 0 unspecified atom stereocenters. The van der Waals surface area contributed by atoms with E-state index in [1.807, 2.05) is 11.8 Å². The third kappa shape index (κ3) is 5.73. The van der Waals surface area contributed by atoms with Crippen molar-refractivity contribution in [3.63, 3.8) is 0 Å². The van der Waals surface area contributed by atoms with Crippen LogP contribution in [0.3, 0.4) is 0 Å². The van der Waals surface area contributed by atoms with E-state index in [0.717, 1.165) is 23.3 Å². The Bertz CT molecular complexity index is 347. The van der Waals surface area contributed by atoms with Gasteiger partial charge in [-0.3, -0.25) is 0 Å². The SMILES string of the molecule is CC(C)(C)SCCNc1nc(C(C)(C)C)ns1. The number of anilines is 1. The van der Waals surface area contributed by atoms with Gasteiger partial charge in [-0.2, -0.15) is 16.1 Å². The number of nitrogens with zero attached hydrogens (tertiary/aromatic N) is 2. The summed E-state index contributed by atoms with van der Waals surface area (Å²) in [5.74, 6) is 2.02. The average molecular weight is 273 g/mol. The van der Waals surface area contributed by atoms with Crippen LogP contribution in [0.2, 0.25) is 0 Å². The molecule has 3 nitrogen and oxygen atoms in total. The second-order valence-corrected chi connectivity index (χ2v) is 8.73. The largest absolute Gasteiger partial charge is 0.359 e. The van der Waals surface area contributed by atoms with Crippen LogP contribution >= 0.6 is 23.3 Å². The van der Waals surface area contributed by atoms with Gasteiger partial charge in [0.15, 0.2) is 0 Å². The number of rotatable bonds is 4. The van der Waals surface area contributed by atoms with Crippen molar-refractivity contribution in [1.82, 2.24) is 9.36 Å². The van der Waals surface area contributed by atoms with Gasteiger partial charge in [-0.25, -0.2) is 4.98 Å². The molecule has 1 rings (SSSR count). The van der Waals surface area contributed by atoms with Gasteiger partial charge in [0.25, 0.3) is 0 Å². The Morgan fingerprint density at radius 1 is 1.18 bits per heavy atom. The summed E-state index contributed by atoms with van der Waals surface area (Å²) < 4.78 is 4.71. The maximum atomic E-state index is 4.50. The molecule has 1 aromatic heterocycles. The van der Waals surface area contributed by atoms with Gasteiger partial charge < -0.3 is 5.32 Å². The Hall–Kier alpha value is -0.290. The maximum Gasteiger partial charge on any atom is 0.202 e. The lowest BCUT2D eigenvalue weighted by Gasteiger charge is -2.17. The molecular weight excluding hydrogens is 250 g/mol. The van der Waals surface area contributed by atoms with Crippen LogP contribution in [0.1, 0.15) is 47.4 Å². The van der Waals surface area contributed by atoms with E-state index >= 15 is 0 Å². The van der Waals surface area contributed by atoms with Gasteiger partial charge >= 0.3 is 0 Å². The molecule has 1 N–H and O–H groups in total. The first-order chi connectivity index (χ1) is 7.68. The van der Waals surface area contributed by atoms with Crippen LogP contribution in [0.25, 0.3) is 0 Å². The molecule has 1 heterocycles. The Labute approximate surface area is 113 Å². The highest BCUT2D eigenvalue weighted by molar-refractivity contribution is 8.00. The predicted molar refractivity (Wildman–Crippen MR) is 79.3 cm³/mol. The molecule has 0 aliphatic carbocycles. The van der Waals surface area contributed by atoms with Gasteiger partial charge in [-0.05, 0) is 0 Å². The van der Waals surface area contributed by atoms with E-state index in [1.165, 1.54) is 11.5 Å². The molecule has 17 heavy (non-hydrogen) atoms. The lowest BCUT2D eigenvalue weighted by Crippen LogP contribution is -2.14. The molecule has 0 spiro atoms. The molecule has 0 aliphatic heterocycles. The van der Waals surface area contributed by atoms with Crippen LogP contribution in [0, 0.1) is 0 Å². The first-order valence-corrected chi connectivity index (χ1v) is 7.66. The van der Waals surface area contributed by atoms with E-state index in [4.69, 9.17) is 0 Å². The number of hydrogen-bond acceptors (Lipinski definition) is 5. The van der Waals surface area contributed by atoms with Crippen LogP contribution in [-0.2, 0) is 5.41 Å². The first-order valence-electron chi connectivity index (χ1n) is 5.90. The van der Waals surface area contributed by atoms with Crippen molar-refractivity contribution >= 4 is 28.4 Å². The standard InChI is InChI=1S/C12H23N3S2/c1-11(2,3)9-14-10(17-15-9)13-7-8-16-12(4,5)6/h7-8H2,1-6H3,(H,13,14,15). The van der Waals surface area contributed by atoms with Crippen LogP contribution in [-0.4, -0.2) is 26.4 Å². The highest BCUT2D eigenvalue weighted by Crippen LogP contribution is 2.24. The van der Waals surface area contributed by atoms with Gasteiger partial charge in [0.05, 0.1) is 0 Å². The zero-order chi connectivity index (χ0) is 13.1. The molecule has 0 saturated heterocycles. The van der Waals surface area contributed by atoms with Crippen molar-refractivity contribution in [2.75, 3.05) is 17.6 Å². The topological polar surface area (TPSA) is 37.8 Å². The zero-order valence-electron chi connectivity index (χ0n) is 11.6. The summed E-state index contributed by atoms with van der Waals surface area (Å²) in [6.07, 6.45) is 0. The second kappa shape index (κ2) is 5.57. The fraction of sp³-hybridized carbons (Fsp3) is 0.833. The average Bonchev–Trinajstić information content (AvgIpc) is 2.58. The van der Waals surface area contributed by atoms with Crippen molar-refractivity contribution in [2.45, 2.75) is 51.7 Å². The number of thioether (sulfide) groups is 1. The van der Waals surface area contributed by atoms with Crippen LogP contribution in [0.4, 0.5) is 5.13 Å². The fourth-order valence-electron chi connectivity index (χ4n) is 1.12. The van der Waals surface area contributed by atoms with Crippen molar-refractivity contribution in [2.24, 2.45) is 0 Å². The van der Waals surface area contributed by atoms with E-state index in [0.29, 0.717) is 4.75 Å². The summed E-state index contributed by atoms with van der Waals surface area (Å²) in [5.41, 5.74) is 0.0383. The number of hydrogen-bond donors (Lipinski definition) is 1. The van der Waals surface area contributed by atoms with Crippen molar-refractivity contribution in [3.8, 4) is 0 Å².